The van der Waals surface area contributed by atoms with Crippen molar-refractivity contribution in [1.82, 2.24) is 0 Å². The molecule has 0 amide bonds. The smallest absolute Gasteiger partial charge is 0.331 e. The summed E-state index contributed by atoms with van der Waals surface area (Å²) in [7, 11) is 0. The maximum atomic E-state index is 10.1. The molecule has 0 fully saturated rings. The van der Waals surface area contributed by atoms with Crippen molar-refractivity contribution in [2.45, 2.75) is 13.8 Å². The molecule has 11 heavy (non-hydrogen) atoms. The summed E-state index contributed by atoms with van der Waals surface area (Å²) < 4.78 is 0. The lowest BCUT2D eigenvalue weighted by molar-refractivity contribution is -0.135. The summed E-state index contributed by atoms with van der Waals surface area (Å²) in [6, 6.07) is 0. The van der Waals surface area contributed by atoms with E-state index in [1.165, 1.54) is 13.8 Å². The van der Waals surface area contributed by atoms with Gasteiger partial charge in [-0.25, -0.2) is 9.59 Å². The van der Waals surface area contributed by atoms with Crippen LogP contribution in [0.2, 0.25) is 0 Å². The minimum atomic E-state index is -1.19. The summed E-state index contributed by atoms with van der Waals surface area (Å²) in [5.41, 5.74) is -0.264. The number of carbonyl (C=O) groups is 2. The van der Waals surface area contributed by atoms with Gasteiger partial charge in [0, 0.05) is 11.1 Å². The van der Waals surface area contributed by atoms with Crippen molar-refractivity contribution in [1.29, 1.82) is 0 Å². The fourth-order valence-electron chi connectivity index (χ4n) is 0.321. The predicted molar refractivity (Wildman–Crippen MR) is 40.9 cm³/mol. The molecule has 0 saturated heterocycles. The molecule has 0 aliphatic rings. The van der Waals surface area contributed by atoms with Gasteiger partial charge >= 0.3 is 11.9 Å². The van der Waals surface area contributed by atoms with Crippen LogP contribution < -0.4 is 0 Å². The topological polar surface area (TPSA) is 74.6 Å². The molecule has 0 rings (SSSR count). The van der Waals surface area contributed by atoms with Gasteiger partial charge in [-0.1, -0.05) is 0 Å². The fourth-order valence-corrected chi connectivity index (χ4v) is 0.321. The van der Waals surface area contributed by atoms with Gasteiger partial charge in [-0.15, -0.1) is 12.4 Å². The molecule has 0 radical (unpaired) electrons. The summed E-state index contributed by atoms with van der Waals surface area (Å²) in [4.78, 5) is 20.2. The Balaban J connectivity index is 0. The molecule has 2 N–H and O–H groups in total. The van der Waals surface area contributed by atoms with Gasteiger partial charge in [0.25, 0.3) is 0 Å². The highest BCUT2D eigenvalue weighted by Gasteiger charge is 2.09. The molecule has 0 saturated carbocycles. The molecular formula is C6H9ClO4. The molecule has 0 spiro atoms. The molecule has 4 nitrogen and oxygen atoms in total. The quantitative estimate of drug-likeness (QED) is 0.620. The SMILES string of the molecule is C/C(C(=O)O)=C(\C)C(=O)O.Cl. The minimum Gasteiger partial charge on any atom is -0.478 e. The number of carboxylic acids is 2. The van der Waals surface area contributed by atoms with Crippen molar-refractivity contribution < 1.29 is 19.8 Å². The van der Waals surface area contributed by atoms with Crippen LogP contribution >= 0.6 is 12.4 Å². The third-order valence-electron chi connectivity index (χ3n) is 1.20. The van der Waals surface area contributed by atoms with E-state index in [1.807, 2.05) is 0 Å². The van der Waals surface area contributed by atoms with E-state index >= 15 is 0 Å². The average Bonchev–Trinajstić information content (AvgIpc) is 1.84. The molecule has 0 aromatic carbocycles. The van der Waals surface area contributed by atoms with Gasteiger partial charge < -0.3 is 10.2 Å². The van der Waals surface area contributed by atoms with Gasteiger partial charge in [-0.05, 0) is 13.8 Å². The molecular weight excluding hydrogens is 172 g/mol. The first-order valence-electron chi connectivity index (χ1n) is 2.61. The number of hydrogen-bond donors (Lipinski definition) is 2. The monoisotopic (exact) mass is 180 g/mol. The van der Waals surface area contributed by atoms with Gasteiger partial charge in [0.2, 0.25) is 0 Å². The standard InChI is InChI=1S/C6H8O4.ClH/c1-3(5(7)8)4(2)6(9)10;/h1-2H3,(H,7,8)(H,9,10);1H/b4-3-;. The molecule has 0 unspecified atom stereocenters. The summed E-state index contributed by atoms with van der Waals surface area (Å²) in [6.07, 6.45) is 0. The zero-order valence-corrected chi connectivity index (χ0v) is 6.94. The fraction of sp³-hybridized carbons (Fsp3) is 0.333. The Morgan fingerprint density at radius 1 is 0.909 bits per heavy atom. The lowest BCUT2D eigenvalue weighted by Gasteiger charge is -1.95. The highest BCUT2D eigenvalue weighted by molar-refractivity contribution is 5.97. The molecule has 0 aliphatic carbocycles. The number of halogens is 1. The molecule has 0 bridgehead atoms. The summed E-state index contributed by atoms with van der Waals surface area (Å²) >= 11 is 0. The van der Waals surface area contributed by atoms with Crippen LogP contribution in [-0.4, -0.2) is 22.2 Å². The Kier molecular flexibility index (Phi) is 5.44. The first-order valence-corrected chi connectivity index (χ1v) is 2.61. The number of hydrogen-bond acceptors (Lipinski definition) is 2. The van der Waals surface area contributed by atoms with Crippen molar-refractivity contribution >= 4 is 24.3 Å². The lowest BCUT2D eigenvalue weighted by Crippen LogP contribution is -2.06. The van der Waals surface area contributed by atoms with Crippen molar-refractivity contribution in [2.24, 2.45) is 0 Å². The van der Waals surface area contributed by atoms with Crippen LogP contribution in [0.5, 0.6) is 0 Å². The van der Waals surface area contributed by atoms with Crippen molar-refractivity contribution in [3.05, 3.63) is 11.1 Å². The minimum absolute atomic E-state index is 0. The second kappa shape index (κ2) is 4.73. The van der Waals surface area contributed by atoms with E-state index in [0.717, 1.165) is 0 Å². The van der Waals surface area contributed by atoms with Crippen LogP contribution in [0.25, 0.3) is 0 Å². The molecule has 0 atom stereocenters. The van der Waals surface area contributed by atoms with Crippen LogP contribution in [0.3, 0.4) is 0 Å². The Hall–Kier alpha value is -1.03. The van der Waals surface area contributed by atoms with Gasteiger partial charge in [-0.3, -0.25) is 0 Å². The molecule has 0 aliphatic heterocycles. The Morgan fingerprint density at radius 3 is 1.18 bits per heavy atom. The third-order valence-corrected chi connectivity index (χ3v) is 1.20. The Bertz CT molecular complexity index is 185. The second-order valence-electron chi connectivity index (χ2n) is 1.86. The first kappa shape index (κ1) is 12.6. The van der Waals surface area contributed by atoms with Crippen molar-refractivity contribution in [3.8, 4) is 0 Å². The van der Waals surface area contributed by atoms with Crippen LogP contribution in [0.1, 0.15) is 13.8 Å². The van der Waals surface area contributed by atoms with Gasteiger partial charge in [-0.2, -0.15) is 0 Å². The van der Waals surface area contributed by atoms with Crippen molar-refractivity contribution in [3.63, 3.8) is 0 Å². The number of rotatable bonds is 2. The van der Waals surface area contributed by atoms with Crippen LogP contribution in [-0.2, 0) is 9.59 Å². The van der Waals surface area contributed by atoms with E-state index in [2.05, 4.69) is 0 Å². The molecule has 0 aromatic heterocycles. The van der Waals surface area contributed by atoms with Crippen LogP contribution in [0.4, 0.5) is 0 Å². The molecule has 0 aromatic rings. The molecule has 64 valence electrons. The number of aliphatic carboxylic acids is 2. The maximum absolute atomic E-state index is 10.1. The number of carboxylic acid groups (broad SMARTS) is 2. The van der Waals surface area contributed by atoms with Gasteiger partial charge in [0.15, 0.2) is 0 Å². The summed E-state index contributed by atoms with van der Waals surface area (Å²) in [6.45, 7) is 2.51. The largest absolute Gasteiger partial charge is 0.478 e. The maximum Gasteiger partial charge on any atom is 0.331 e. The molecule has 0 heterocycles. The Labute approximate surface area is 69.9 Å². The average molecular weight is 181 g/mol. The second-order valence-corrected chi connectivity index (χ2v) is 1.86. The van der Waals surface area contributed by atoms with E-state index in [-0.39, 0.29) is 23.6 Å². The van der Waals surface area contributed by atoms with E-state index in [4.69, 9.17) is 10.2 Å². The zero-order chi connectivity index (χ0) is 8.31. The zero-order valence-electron chi connectivity index (χ0n) is 6.12. The normalized spacial score (nSPS) is 11.1. The highest BCUT2D eigenvalue weighted by atomic mass is 35.5. The van der Waals surface area contributed by atoms with E-state index in [9.17, 15) is 9.59 Å². The summed E-state index contributed by atoms with van der Waals surface area (Å²) in [5.74, 6) is -2.39. The van der Waals surface area contributed by atoms with E-state index in [1.54, 1.807) is 0 Å². The third kappa shape index (κ3) is 3.62. The van der Waals surface area contributed by atoms with Crippen LogP contribution in [0, 0.1) is 0 Å². The highest BCUT2D eigenvalue weighted by Crippen LogP contribution is 2.02. The Morgan fingerprint density at radius 2 is 1.09 bits per heavy atom. The van der Waals surface area contributed by atoms with E-state index < -0.39 is 11.9 Å². The van der Waals surface area contributed by atoms with Gasteiger partial charge in [0.05, 0.1) is 0 Å². The van der Waals surface area contributed by atoms with Gasteiger partial charge in [0.1, 0.15) is 0 Å². The predicted octanol–water partition coefficient (Wildman–Crippen LogP) is 0.914. The van der Waals surface area contributed by atoms with Crippen LogP contribution in [0.15, 0.2) is 11.1 Å². The first-order chi connectivity index (χ1) is 4.46. The lowest BCUT2D eigenvalue weighted by atomic mass is 10.1. The van der Waals surface area contributed by atoms with E-state index in [0.29, 0.717) is 0 Å². The van der Waals surface area contributed by atoms with Crippen molar-refractivity contribution in [2.75, 3.05) is 0 Å². The molecule has 5 heteroatoms. The summed E-state index contributed by atoms with van der Waals surface area (Å²) in [5, 5.41) is 16.6.